The molecule has 7 heteroatoms. The molecule has 0 unspecified atom stereocenters. The van der Waals surface area contributed by atoms with Gasteiger partial charge < -0.3 is 5.11 Å². The molecule has 5 nitrogen and oxygen atoms in total. The first-order valence-electron chi connectivity index (χ1n) is 5.65. The Balaban J connectivity index is 2.01. The van der Waals surface area contributed by atoms with Gasteiger partial charge in [-0.3, -0.25) is 4.79 Å². The molecule has 3 aromatic rings. The normalized spacial score (nSPS) is 10.7. The van der Waals surface area contributed by atoms with Crippen molar-refractivity contribution >= 4 is 17.2 Å². The van der Waals surface area contributed by atoms with Crippen LogP contribution in [0.2, 0.25) is 0 Å². The standard InChI is InChI=1S/C13H8FN3O2S/c14-9-4-1-3-8(7-9)12-16-11(18)10(20-12)13(19)17-6-2-5-15-17/h1-7,18H. The molecule has 1 N–H and O–H groups in total. The minimum absolute atomic E-state index is 0.0629. The summed E-state index contributed by atoms with van der Waals surface area (Å²) in [6.07, 6.45) is 2.94. The summed E-state index contributed by atoms with van der Waals surface area (Å²) < 4.78 is 14.3. The van der Waals surface area contributed by atoms with Crippen LogP contribution in [-0.2, 0) is 0 Å². The maximum atomic E-state index is 13.2. The van der Waals surface area contributed by atoms with Crippen molar-refractivity contribution in [3.63, 3.8) is 0 Å². The van der Waals surface area contributed by atoms with E-state index in [1.807, 2.05) is 0 Å². The average Bonchev–Trinajstić information content (AvgIpc) is 3.07. The van der Waals surface area contributed by atoms with Gasteiger partial charge in [-0.05, 0) is 18.2 Å². The highest BCUT2D eigenvalue weighted by atomic mass is 32.1. The Morgan fingerprint density at radius 2 is 2.20 bits per heavy atom. The molecule has 0 fully saturated rings. The maximum Gasteiger partial charge on any atom is 0.293 e. The number of rotatable bonds is 2. The number of hydrogen-bond donors (Lipinski definition) is 1. The Morgan fingerprint density at radius 1 is 1.35 bits per heavy atom. The summed E-state index contributed by atoms with van der Waals surface area (Å²) in [5.41, 5.74) is 0.504. The first-order valence-corrected chi connectivity index (χ1v) is 6.47. The first-order chi connectivity index (χ1) is 9.65. The van der Waals surface area contributed by atoms with Gasteiger partial charge in [-0.1, -0.05) is 12.1 Å². The van der Waals surface area contributed by atoms with Crippen LogP contribution in [0.15, 0.2) is 42.7 Å². The quantitative estimate of drug-likeness (QED) is 0.787. The molecule has 0 amide bonds. The third kappa shape index (κ3) is 2.19. The molecular formula is C13H8FN3O2S. The summed E-state index contributed by atoms with van der Waals surface area (Å²) in [7, 11) is 0. The van der Waals surface area contributed by atoms with Crippen LogP contribution < -0.4 is 0 Å². The van der Waals surface area contributed by atoms with E-state index in [0.717, 1.165) is 16.0 Å². The second-order valence-electron chi connectivity index (χ2n) is 3.94. The molecule has 2 heterocycles. The van der Waals surface area contributed by atoms with Crippen molar-refractivity contribution < 1.29 is 14.3 Å². The van der Waals surface area contributed by atoms with Gasteiger partial charge in [0.2, 0.25) is 5.88 Å². The summed E-state index contributed by atoms with van der Waals surface area (Å²) in [4.78, 5) is 16.0. The van der Waals surface area contributed by atoms with Crippen LogP contribution in [0.25, 0.3) is 10.6 Å². The lowest BCUT2D eigenvalue weighted by Crippen LogP contribution is -2.10. The Kier molecular flexibility index (Phi) is 3.03. The van der Waals surface area contributed by atoms with E-state index in [2.05, 4.69) is 10.1 Å². The third-order valence-corrected chi connectivity index (χ3v) is 3.67. The zero-order valence-electron chi connectivity index (χ0n) is 10.0. The molecule has 3 rings (SSSR count). The molecule has 0 atom stereocenters. The second-order valence-corrected chi connectivity index (χ2v) is 4.94. The molecule has 0 saturated heterocycles. The number of benzene rings is 1. The SMILES string of the molecule is O=C(c1sc(-c2cccc(F)c2)nc1O)n1cccn1. The van der Waals surface area contributed by atoms with E-state index in [0.29, 0.717) is 10.6 Å². The number of halogens is 1. The van der Waals surface area contributed by atoms with Crippen molar-refractivity contribution in [3.8, 4) is 16.5 Å². The molecule has 0 saturated carbocycles. The largest absolute Gasteiger partial charge is 0.492 e. The predicted octanol–water partition coefficient (Wildman–Crippen LogP) is 2.54. The number of nitrogens with zero attached hydrogens (tertiary/aromatic N) is 3. The van der Waals surface area contributed by atoms with E-state index < -0.39 is 11.7 Å². The molecule has 1 aromatic carbocycles. The Labute approximate surface area is 116 Å². The minimum Gasteiger partial charge on any atom is -0.492 e. The van der Waals surface area contributed by atoms with Crippen LogP contribution >= 0.6 is 11.3 Å². The number of aromatic hydroxyl groups is 1. The van der Waals surface area contributed by atoms with Crippen LogP contribution in [0.4, 0.5) is 4.39 Å². The topological polar surface area (TPSA) is 68.0 Å². The number of hydrogen-bond acceptors (Lipinski definition) is 5. The Hall–Kier alpha value is -2.54. The number of aromatic nitrogens is 3. The van der Waals surface area contributed by atoms with Crippen LogP contribution in [0.1, 0.15) is 9.67 Å². The Morgan fingerprint density at radius 3 is 2.90 bits per heavy atom. The van der Waals surface area contributed by atoms with Gasteiger partial charge in [0.15, 0.2) is 4.88 Å². The third-order valence-electron chi connectivity index (χ3n) is 2.59. The van der Waals surface area contributed by atoms with Crippen molar-refractivity contribution in [2.24, 2.45) is 0 Å². The van der Waals surface area contributed by atoms with Gasteiger partial charge in [0, 0.05) is 18.0 Å². The molecular weight excluding hydrogens is 281 g/mol. The summed E-state index contributed by atoms with van der Waals surface area (Å²) in [6.45, 7) is 0. The molecule has 0 aliphatic rings. The lowest BCUT2D eigenvalue weighted by atomic mass is 10.2. The number of carbonyl (C=O) groups is 1. The fourth-order valence-electron chi connectivity index (χ4n) is 1.69. The fourth-order valence-corrected chi connectivity index (χ4v) is 2.58. The summed E-state index contributed by atoms with van der Waals surface area (Å²) in [6, 6.07) is 7.40. The molecule has 0 bridgehead atoms. The minimum atomic E-state index is -0.479. The molecule has 100 valence electrons. The van der Waals surface area contributed by atoms with E-state index in [1.54, 1.807) is 12.1 Å². The van der Waals surface area contributed by atoms with E-state index in [-0.39, 0.29) is 10.8 Å². The molecule has 0 aliphatic heterocycles. The molecule has 20 heavy (non-hydrogen) atoms. The lowest BCUT2D eigenvalue weighted by Gasteiger charge is -1.96. The summed E-state index contributed by atoms with van der Waals surface area (Å²) in [5, 5.41) is 14.0. The molecule has 0 spiro atoms. The second kappa shape index (κ2) is 4.86. The van der Waals surface area contributed by atoms with Crippen molar-refractivity contribution in [1.82, 2.24) is 14.8 Å². The highest BCUT2D eigenvalue weighted by Crippen LogP contribution is 2.32. The number of thiazole rings is 1. The molecule has 0 aliphatic carbocycles. The van der Waals surface area contributed by atoms with E-state index in [9.17, 15) is 14.3 Å². The Bertz CT molecular complexity index is 768. The van der Waals surface area contributed by atoms with Gasteiger partial charge in [0.05, 0.1) is 0 Å². The van der Waals surface area contributed by atoms with Gasteiger partial charge in [-0.25, -0.2) is 14.1 Å². The zero-order chi connectivity index (χ0) is 14.1. The van der Waals surface area contributed by atoms with Crippen molar-refractivity contribution in [2.45, 2.75) is 0 Å². The monoisotopic (exact) mass is 289 g/mol. The smallest absolute Gasteiger partial charge is 0.293 e. The predicted molar refractivity (Wildman–Crippen MR) is 71.1 cm³/mol. The van der Waals surface area contributed by atoms with Crippen LogP contribution in [0.5, 0.6) is 5.88 Å². The van der Waals surface area contributed by atoms with Crippen molar-refractivity contribution in [3.05, 3.63) is 53.4 Å². The molecule has 2 aromatic heterocycles. The van der Waals surface area contributed by atoms with E-state index in [4.69, 9.17) is 0 Å². The molecule has 0 radical (unpaired) electrons. The van der Waals surface area contributed by atoms with E-state index in [1.165, 1.54) is 30.6 Å². The van der Waals surface area contributed by atoms with Gasteiger partial charge in [-0.15, -0.1) is 11.3 Å². The van der Waals surface area contributed by atoms with Crippen LogP contribution in [0.3, 0.4) is 0 Å². The van der Waals surface area contributed by atoms with Gasteiger partial charge >= 0.3 is 0 Å². The van der Waals surface area contributed by atoms with Gasteiger partial charge in [0.1, 0.15) is 10.8 Å². The summed E-state index contributed by atoms with van der Waals surface area (Å²) in [5.74, 6) is -1.26. The van der Waals surface area contributed by atoms with Gasteiger partial charge in [-0.2, -0.15) is 5.10 Å². The number of carbonyl (C=O) groups excluding carboxylic acids is 1. The van der Waals surface area contributed by atoms with Crippen LogP contribution in [-0.4, -0.2) is 25.8 Å². The highest BCUT2D eigenvalue weighted by Gasteiger charge is 2.20. The van der Waals surface area contributed by atoms with E-state index >= 15 is 0 Å². The van der Waals surface area contributed by atoms with Crippen LogP contribution in [0, 0.1) is 5.82 Å². The zero-order valence-corrected chi connectivity index (χ0v) is 10.8. The maximum absolute atomic E-state index is 13.2. The highest BCUT2D eigenvalue weighted by molar-refractivity contribution is 7.17. The summed E-state index contributed by atoms with van der Waals surface area (Å²) >= 11 is 0.989. The average molecular weight is 289 g/mol. The van der Waals surface area contributed by atoms with Gasteiger partial charge in [0.25, 0.3) is 5.91 Å². The van der Waals surface area contributed by atoms with Crippen molar-refractivity contribution in [1.29, 1.82) is 0 Å². The fraction of sp³-hybridized carbons (Fsp3) is 0. The first kappa shape index (κ1) is 12.5. The van der Waals surface area contributed by atoms with Crippen molar-refractivity contribution in [2.75, 3.05) is 0 Å². The lowest BCUT2D eigenvalue weighted by molar-refractivity contribution is 0.0946.